The Kier molecular flexibility index (Phi) is 5.03. The van der Waals surface area contributed by atoms with Crippen molar-refractivity contribution in [1.29, 1.82) is 0 Å². The molecule has 20 heavy (non-hydrogen) atoms. The molecule has 0 spiro atoms. The predicted molar refractivity (Wildman–Crippen MR) is 68.0 cm³/mol. The first kappa shape index (κ1) is 14.9. The van der Waals surface area contributed by atoms with Crippen molar-refractivity contribution >= 4 is 5.97 Å². The predicted octanol–water partition coefficient (Wildman–Crippen LogP) is 1.73. The van der Waals surface area contributed by atoms with Gasteiger partial charge < -0.3 is 9.47 Å². The number of carbonyl (C=O) groups excluding carboxylic acids is 1. The molecule has 2 rings (SSSR count). The SMILES string of the molecule is COC(=O)CC1CN(Cc2cccc(F)c2F)CCO1. The van der Waals surface area contributed by atoms with Crippen LogP contribution in [0.15, 0.2) is 18.2 Å². The third-order valence-electron chi connectivity index (χ3n) is 3.27. The van der Waals surface area contributed by atoms with Crippen molar-refractivity contribution in [2.24, 2.45) is 0 Å². The van der Waals surface area contributed by atoms with Gasteiger partial charge in [0.2, 0.25) is 0 Å². The maximum atomic E-state index is 13.6. The van der Waals surface area contributed by atoms with Crippen molar-refractivity contribution in [2.45, 2.75) is 19.1 Å². The zero-order valence-corrected chi connectivity index (χ0v) is 11.3. The minimum absolute atomic E-state index is 0.165. The number of halogens is 2. The molecular formula is C14H17F2NO3. The highest BCUT2D eigenvalue weighted by Gasteiger charge is 2.24. The number of rotatable bonds is 4. The lowest BCUT2D eigenvalue weighted by Crippen LogP contribution is -2.43. The molecule has 1 atom stereocenters. The quantitative estimate of drug-likeness (QED) is 0.790. The molecule has 1 unspecified atom stereocenters. The Labute approximate surface area is 116 Å². The number of methoxy groups -OCH3 is 1. The smallest absolute Gasteiger partial charge is 0.308 e. The van der Waals surface area contributed by atoms with Gasteiger partial charge in [-0.05, 0) is 6.07 Å². The second-order valence-electron chi connectivity index (χ2n) is 4.72. The summed E-state index contributed by atoms with van der Waals surface area (Å²) in [7, 11) is 1.32. The molecule has 1 aliphatic rings. The fourth-order valence-electron chi connectivity index (χ4n) is 2.23. The minimum atomic E-state index is -0.845. The summed E-state index contributed by atoms with van der Waals surface area (Å²) in [5.41, 5.74) is 0.309. The molecule has 110 valence electrons. The van der Waals surface area contributed by atoms with Gasteiger partial charge in [0.15, 0.2) is 11.6 Å². The molecule has 1 fully saturated rings. The summed E-state index contributed by atoms with van der Waals surface area (Å²) in [6.45, 7) is 1.86. The summed E-state index contributed by atoms with van der Waals surface area (Å²) in [4.78, 5) is 13.2. The number of morpholine rings is 1. The molecular weight excluding hydrogens is 268 g/mol. The van der Waals surface area contributed by atoms with E-state index in [9.17, 15) is 13.6 Å². The first-order chi connectivity index (χ1) is 9.60. The van der Waals surface area contributed by atoms with E-state index >= 15 is 0 Å². The molecule has 0 amide bonds. The summed E-state index contributed by atoms with van der Waals surface area (Å²) < 4.78 is 36.8. The lowest BCUT2D eigenvalue weighted by Gasteiger charge is -2.32. The average Bonchev–Trinajstić information content (AvgIpc) is 2.44. The third kappa shape index (κ3) is 3.74. The van der Waals surface area contributed by atoms with Crippen molar-refractivity contribution in [3.63, 3.8) is 0 Å². The Morgan fingerprint density at radius 1 is 1.50 bits per heavy atom. The summed E-state index contributed by atoms with van der Waals surface area (Å²) in [6, 6.07) is 4.14. The molecule has 6 heteroatoms. The molecule has 0 radical (unpaired) electrons. The molecule has 0 bridgehead atoms. The van der Waals surface area contributed by atoms with E-state index in [1.807, 2.05) is 4.90 Å². The molecule has 0 saturated carbocycles. The zero-order chi connectivity index (χ0) is 14.5. The molecule has 4 nitrogen and oxygen atoms in total. The Balaban J connectivity index is 1.96. The van der Waals surface area contributed by atoms with Gasteiger partial charge >= 0.3 is 5.97 Å². The van der Waals surface area contributed by atoms with Crippen LogP contribution >= 0.6 is 0 Å². The zero-order valence-electron chi connectivity index (χ0n) is 11.3. The van der Waals surface area contributed by atoms with Crippen LogP contribution in [0.2, 0.25) is 0 Å². The molecule has 0 N–H and O–H groups in total. The molecule has 1 aliphatic heterocycles. The number of carbonyl (C=O) groups is 1. The van der Waals surface area contributed by atoms with E-state index in [1.54, 1.807) is 6.07 Å². The first-order valence-corrected chi connectivity index (χ1v) is 6.44. The summed E-state index contributed by atoms with van der Waals surface area (Å²) in [5, 5.41) is 0. The van der Waals surface area contributed by atoms with E-state index in [2.05, 4.69) is 4.74 Å². The van der Waals surface area contributed by atoms with Crippen LogP contribution in [0.1, 0.15) is 12.0 Å². The van der Waals surface area contributed by atoms with Crippen molar-refractivity contribution in [3.8, 4) is 0 Å². The van der Waals surface area contributed by atoms with Gasteiger partial charge in [-0.3, -0.25) is 9.69 Å². The highest BCUT2D eigenvalue weighted by molar-refractivity contribution is 5.69. The van der Waals surface area contributed by atoms with Crippen molar-refractivity contribution < 1.29 is 23.0 Å². The molecule has 0 aromatic heterocycles. The second kappa shape index (κ2) is 6.76. The molecule has 1 heterocycles. The lowest BCUT2D eigenvalue weighted by atomic mass is 10.1. The standard InChI is InChI=1S/C14H17F2NO3/c1-19-13(18)7-11-9-17(5-6-20-11)8-10-3-2-4-12(15)14(10)16/h2-4,11H,5-9H2,1H3. The van der Waals surface area contributed by atoms with Crippen molar-refractivity contribution in [3.05, 3.63) is 35.4 Å². The highest BCUT2D eigenvalue weighted by Crippen LogP contribution is 2.17. The fraction of sp³-hybridized carbons (Fsp3) is 0.500. The largest absolute Gasteiger partial charge is 0.469 e. The van der Waals surface area contributed by atoms with Gasteiger partial charge in [-0.25, -0.2) is 8.78 Å². The topological polar surface area (TPSA) is 38.8 Å². The molecule has 1 saturated heterocycles. The van der Waals surface area contributed by atoms with E-state index in [0.717, 1.165) is 6.07 Å². The lowest BCUT2D eigenvalue weighted by molar-refractivity contribution is -0.145. The van der Waals surface area contributed by atoms with Gasteiger partial charge in [-0.1, -0.05) is 12.1 Å². The maximum Gasteiger partial charge on any atom is 0.308 e. The fourth-order valence-corrected chi connectivity index (χ4v) is 2.23. The highest BCUT2D eigenvalue weighted by atomic mass is 19.2. The number of nitrogens with zero attached hydrogens (tertiary/aromatic N) is 1. The second-order valence-corrected chi connectivity index (χ2v) is 4.72. The molecule has 1 aromatic carbocycles. The van der Waals surface area contributed by atoms with Crippen molar-refractivity contribution in [1.82, 2.24) is 4.90 Å². The van der Waals surface area contributed by atoms with Crippen LogP contribution in [-0.4, -0.2) is 43.8 Å². The van der Waals surface area contributed by atoms with Crippen LogP contribution in [0, 0.1) is 11.6 Å². The van der Waals surface area contributed by atoms with Gasteiger partial charge in [0.05, 0.1) is 26.2 Å². The Morgan fingerprint density at radius 2 is 2.30 bits per heavy atom. The van der Waals surface area contributed by atoms with Gasteiger partial charge in [-0.15, -0.1) is 0 Å². The van der Waals surface area contributed by atoms with E-state index < -0.39 is 11.6 Å². The normalized spacial score (nSPS) is 19.9. The molecule has 1 aromatic rings. The number of hydrogen-bond acceptors (Lipinski definition) is 4. The summed E-state index contributed by atoms with van der Waals surface area (Å²) >= 11 is 0. The van der Waals surface area contributed by atoms with Crippen LogP contribution in [0.25, 0.3) is 0 Å². The van der Waals surface area contributed by atoms with Crippen LogP contribution in [-0.2, 0) is 20.8 Å². The van der Waals surface area contributed by atoms with E-state index in [1.165, 1.54) is 13.2 Å². The monoisotopic (exact) mass is 285 g/mol. The third-order valence-corrected chi connectivity index (χ3v) is 3.27. The van der Waals surface area contributed by atoms with E-state index in [-0.39, 0.29) is 18.5 Å². The number of ether oxygens (including phenoxy) is 2. The maximum absolute atomic E-state index is 13.6. The number of benzene rings is 1. The van der Waals surface area contributed by atoms with Gasteiger partial charge in [0.25, 0.3) is 0 Å². The van der Waals surface area contributed by atoms with Gasteiger partial charge in [0.1, 0.15) is 0 Å². The summed E-state index contributed by atoms with van der Waals surface area (Å²) in [6.07, 6.45) is -0.105. The summed E-state index contributed by atoms with van der Waals surface area (Å²) in [5.74, 6) is -2.00. The van der Waals surface area contributed by atoms with Crippen LogP contribution < -0.4 is 0 Å². The Morgan fingerprint density at radius 3 is 3.05 bits per heavy atom. The van der Waals surface area contributed by atoms with E-state index in [4.69, 9.17) is 4.74 Å². The average molecular weight is 285 g/mol. The number of esters is 1. The first-order valence-electron chi connectivity index (χ1n) is 6.44. The van der Waals surface area contributed by atoms with Crippen LogP contribution in [0.3, 0.4) is 0 Å². The van der Waals surface area contributed by atoms with Gasteiger partial charge in [-0.2, -0.15) is 0 Å². The minimum Gasteiger partial charge on any atom is -0.469 e. The van der Waals surface area contributed by atoms with Crippen LogP contribution in [0.5, 0.6) is 0 Å². The number of hydrogen-bond donors (Lipinski definition) is 0. The van der Waals surface area contributed by atoms with Crippen molar-refractivity contribution in [2.75, 3.05) is 26.8 Å². The molecule has 0 aliphatic carbocycles. The Bertz CT molecular complexity index is 481. The van der Waals surface area contributed by atoms with Gasteiger partial charge in [0, 0.05) is 25.2 Å². The van der Waals surface area contributed by atoms with E-state index in [0.29, 0.717) is 31.8 Å². The van der Waals surface area contributed by atoms with Crippen LogP contribution in [0.4, 0.5) is 8.78 Å². The Hall–Kier alpha value is -1.53.